The lowest BCUT2D eigenvalue weighted by Gasteiger charge is -2.05. The smallest absolute Gasteiger partial charge is 0.338 e. The zero-order chi connectivity index (χ0) is 12.3. The summed E-state index contributed by atoms with van der Waals surface area (Å²) in [5.74, 6) is 0.579. The Labute approximate surface area is 104 Å². The fourth-order valence-electron chi connectivity index (χ4n) is 1.48. The molecular formula is C12H13ClO4. The van der Waals surface area contributed by atoms with E-state index in [4.69, 9.17) is 25.8 Å². The van der Waals surface area contributed by atoms with Crippen molar-refractivity contribution < 1.29 is 19.0 Å². The van der Waals surface area contributed by atoms with Crippen molar-refractivity contribution >= 4 is 17.6 Å². The van der Waals surface area contributed by atoms with Crippen LogP contribution < -0.4 is 9.47 Å². The lowest BCUT2D eigenvalue weighted by atomic mass is 10.2. The van der Waals surface area contributed by atoms with Gasteiger partial charge < -0.3 is 14.2 Å². The summed E-state index contributed by atoms with van der Waals surface area (Å²) in [5.41, 5.74) is 0.385. The highest BCUT2D eigenvalue weighted by Gasteiger charge is 2.21. The number of benzene rings is 1. The number of fused-ring (bicyclic) bond motifs is 1. The van der Waals surface area contributed by atoms with Gasteiger partial charge in [-0.05, 0) is 18.6 Å². The van der Waals surface area contributed by atoms with Gasteiger partial charge >= 0.3 is 5.97 Å². The first-order chi connectivity index (χ1) is 8.22. The number of halogens is 1. The number of unbranched alkanes of at least 4 members (excludes halogenated alkanes) is 1. The van der Waals surface area contributed by atoms with Gasteiger partial charge in [0.2, 0.25) is 6.79 Å². The first kappa shape index (κ1) is 12.0. The molecule has 0 radical (unpaired) electrons. The van der Waals surface area contributed by atoms with Crippen molar-refractivity contribution in [3.63, 3.8) is 0 Å². The van der Waals surface area contributed by atoms with Gasteiger partial charge in [0.05, 0.1) is 17.2 Å². The lowest BCUT2D eigenvalue weighted by molar-refractivity contribution is 0.0499. The van der Waals surface area contributed by atoms with Crippen LogP contribution in [0.2, 0.25) is 5.02 Å². The summed E-state index contributed by atoms with van der Waals surface area (Å²) >= 11 is 5.97. The van der Waals surface area contributed by atoms with Gasteiger partial charge in [0.25, 0.3) is 0 Å². The Kier molecular flexibility index (Phi) is 3.74. The van der Waals surface area contributed by atoms with Gasteiger partial charge in [-0.3, -0.25) is 0 Å². The predicted molar refractivity (Wildman–Crippen MR) is 62.8 cm³/mol. The third kappa shape index (κ3) is 2.64. The molecule has 4 nitrogen and oxygen atoms in total. The first-order valence-corrected chi connectivity index (χ1v) is 5.86. The molecule has 0 aliphatic carbocycles. The molecule has 1 aliphatic rings. The Morgan fingerprint density at radius 3 is 3.06 bits per heavy atom. The second-order valence-electron chi connectivity index (χ2n) is 3.68. The molecule has 0 amide bonds. The summed E-state index contributed by atoms with van der Waals surface area (Å²) in [6.07, 6.45) is 1.83. The van der Waals surface area contributed by atoms with Crippen molar-refractivity contribution in [1.29, 1.82) is 0 Å². The average Bonchev–Trinajstić information content (AvgIpc) is 2.77. The van der Waals surface area contributed by atoms with Gasteiger partial charge in [0, 0.05) is 0 Å². The van der Waals surface area contributed by atoms with E-state index in [9.17, 15) is 4.79 Å². The van der Waals surface area contributed by atoms with Crippen molar-refractivity contribution in [3.05, 3.63) is 22.7 Å². The number of esters is 1. The zero-order valence-corrected chi connectivity index (χ0v) is 10.3. The second-order valence-corrected chi connectivity index (χ2v) is 4.09. The molecule has 0 unspecified atom stereocenters. The Morgan fingerprint density at radius 2 is 2.29 bits per heavy atom. The van der Waals surface area contributed by atoms with Crippen molar-refractivity contribution in [2.24, 2.45) is 0 Å². The fraction of sp³-hybridized carbons (Fsp3) is 0.417. The van der Waals surface area contributed by atoms with Crippen molar-refractivity contribution in [3.8, 4) is 11.5 Å². The molecule has 1 aliphatic heterocycles. The van der Waals surface area contributed by atoms with E-state index in [1.807, 2.05) is 6.92 Å². The minimum absolute atomic E-state index is 0.128. The van der Waals surface area contributed by atoms with Gasteiger partial charge in [-0.25, -0.2) is 4.79 Å². The molecule has 5 heteroatoms. The van der Waals surface area contributed by atoms with Crippen LogP contribution >= 0.6 is 11.6 Å². The van der Waals surface area contributed by atoms with Crippen molar-refractivity contribution in [2.75, 3.05) is 13.4 Å². The minimum atomic E-state index is -0.390. The largest absolute Gasteiger partial charge is 0.462 e. The van der Waals surface area contributed by atoms with Crippen LogP contribution in [0, 0.1) is 0 Å². The van der Waals surface area contributed by atoms with Crippen molar-refractivity contribution in [1.82, 2.24) is 0 Å². The molecule has 17 heavy (non-hydrogen) atoms. The molecule has 2 rings (SSSR count). The quantitative estimate of drug-likeness (QED) is 0.614. The zero-order valence-electron chi connectivity index (χ0n) is 9.49. The van der Waals surface area contributed by atoms with Crippen LogP contribution in [0.4, 0.5) is 0 Å². The summed E-state index contributed by atoms with van der Waals surface area (Å²) in [6, 6.07) is 3.12. The van der Waals surface area contributed by atoms with E-state index in [0.717, 1.165) is 12.8 Å². The standard InChI is InChI=1S/C12H13ClO4/c1-2-3-4-15-12(14)8-5-9(13)11-10(6-8)16-7-17-11/h5-6H,2-4,7H2,1H3. The van der Waals surface area contributed by atoms with Gasteiger partial charge in [0.15, 0.2) is 11.5 Å². The van der Waals surface area contributed by atoms with Crippen LogP contribution in [-0.4, -0.2) is 19.4 Å². The number of carbonyl (C=O) groups is 1. The molecule has 1 heterocycles. The van der Waals surface area contributed by atoms with Gasteiger partial charge in [0.1, 0.15) is 0 Å². The van der Waals surface area contributed by atoms with E-state index in [2.05, 4.69) is 0 Å². The fourth-order valence-corrected chi connectivity index (χ4v) is 1.74. The summed E-state index contributed by atoms with van der Waals surface area (Å²) in [7, 11) is 0. The summed E-state index contributed by atoms with van der Waals surface area (Å²) < 4.78 is 15.4. The van der Waals surface area contributed by atoms with Crippen LogP contribution in [0.5, 0.6) is 11.5 Å². The van der Waals surface area contributed by atoms with Gasteiger partial charge in [-0.1, -0.05) is 24.9 Å². The maximum absolute atomic E-state index is 11.7. The second kappa shape index (κ2) is 5.27. The molecule has 0 N–H and O–H groups in total. The van der Waals surface area contributed by atoms with E-state index < -0.39 is 5.97 Å². The molecular weight excluding hydrogens is 244 g/mol. The van der Waals surface area contributed by atoms with Gasteiger partial charge in [-0.2, -0.15) is 0 Å². The minimum Gasteiger partial charge on any atom is -0.462 e. The number of rotatable bonds is 4. The van der Waals surface area contributed by atoms with E-state index in [-0.39, 0.29) is 6.79 Å². The Hall–Kier alpha value is -1.42. The molecule has 1 aromatic carbocycles. The van der Waals surface area contributed by atoms with Crippen LogP contribution in [-0.2, 0) is 4.74 Å². The molecule has 0 saturated carbocycles. The number of hydrogen-bond donors (Lipinski definition) is 0. The highest BCUT2D eigenvalue weighted by atomic mass is 35.5. The molecule has 0 atom stereocenters. The molecule has 0 aromatic heterocycles. The Bertz CT molecular complexity index is 431. The van der Waals surface area contributed by atoms with Crippen LogP contribution in [0.3, 0.4) is 0 Å². The van der Waals surface area contributed by atoms with E-state index >= 15 is 0 Å². The summed E-state index contributed by atoms with van der Waals surface area (Å²) in [6.45, 7) is 2.58. The first-order valence-electron chi connectivity index (χ1n) is 5.48. The lowest BCUT2D eigenvalue weighted by Crippen LogP contribution is -2.06. The Morgan fingerprint density at radius 1 is 1.47 bits per heavy atom. The van der Waals surface area contributed by atoms with Crippen LogP contribution in [0.1, 0.15) is 30.1 Å². The Balaban J connectivity index is 2.11. The number of ether oxygens (including phenoxy) is 3. The highest BCUT2D eigenvalue weighted by Crippen LogP contribution is 2.39. The van der Waals surface area contributed by atoms with E-state index in [1.54, 1.807) is 6.07 Å². The van der Waals surface area contributed by atoms with Gasteiger partial charge in [-0.15, -0.1) is 0 Å². The normalized spacial score (nSPS) is 12.6. The average molecular weight is 257 g/mol. The molecule has 0 saturated heterocycles. The monoisotopic (exact) mass is 256 g/mol. The maximum Gasteiger partial charge on any atom is 0.338 e. The summed E-state index contributed by atoms with van der Waals surface area (Å²) in [4.78, 5) is 11.7. The molecule has 0 bridgehead atoms. The molecule has 0 fully saturated rings. The van der Waals surface area contributed by atoms with Crippen LogP contribution in [0.15, 0.2) is 12.1 Å². The SMILES string of the molecule is CCCCOC(=O)c1cc(Cl)c2c(c1)OCO2. The number of hydrogen-bond acceptors (Lipinski definition) is 4. The highest BCUT2D eigenvalue weighted by molar-refractivity contribution is 6.32. The topological polar surface area (TPSA) is 44.8 Å². The molecule has 92 valence electrons. The van der Waals surface area contributed by atoms with E-state index in [0.29, 0.717) is 28.7 Å². The van der Waals surface area contributed by atoms with Crippen molar-refractivity contribution in [2.45, 2.75) is 19.8 Å². The molecule has 0 spiro atoms. The van der Waals surface area contributed by atoms with Crippen LogP contribution in [0.25, 0.3) is 0 Å². The van der Waals surface area contributed by atoms with E-state index in [1.165, 1.54) is 6.07 Å². The predicted octanol–water partition coefficient (Wildman–Crippen LogP) is 3.03. The third-order valence-corrected chi connectivity index (χ3v) is 2.67. The number of carbonyl (C=O) groups excluding carboxylic acids is 1. The third-order valence-electron chi connectivity index (χ3n) is 2.39. The maximum atomic E-state index is 11.7. The molecule has 1 aromatic rings. The summed E-state index contributed by atoms with van der Waals surface area (Å²) in [5, 5.41) is 0.363.